The van der Waals surface area contributed by atoms with Gasteiger partial charge >= 0.3 is 5.97 Å². The largest absolute Gasteiger partial charge is 0.496 e. The molecular formula is C28H37FN2O6. The Morgan fingerprint density at radius 1 is 1.05 bits per heavy atom. The molecule has 1 aromatic carbocycles. The summed E-state index contributed by atoms with van der Waals surface area (Å²) >= 11 is 0. The molecule has 4 atom stereocenters. The van der Waals surface area contributed by atoms with Gasteiger partial charge in [-0.05, 0) is 81.1 Å². The van der Waals surface area contributed by atoms with E-state index in [1.165, 1.54) is 13.2 Å². The first kappa shape index (κ1) is 25.8. The first-order valence-corrected chi connectivity index (χ1v) is 13.5. The predicted octanol–water partition coefficient (Wildman–Crippen LogP) is 3.92. The van der Waals surface area contributed by atoms with Crippen LogP contribution in [0.5, 0.6) is 11.5 Å². The van der Waals surface area contributed by atoms with Gasteiger partial charge in [-0.1, -0.05) is 6.92 Å². The van der Waals surface area contributed by atoms with E-state index in [1.807, 2.05) is 0 Å². The quantitative estimate of drug-likeness (QED) is 0.459. The number of rotatable bonds is 9. The zero-order valence-electron chi connectivity index (χ0n) is 21.6. The molecule has 4 aliphatic carbocycles. The van der Waals surface area contributed by atoms with Crippen molar-refractivity contribution in [1.82, 2.24) is 10.6 Å². The van der Waals surface area contributed by atoms with Crippen LogP contribution < -0.4 is 20.1 Å². The van der Waals surface area contributed by atoms with Crippen molar-refractivity contribution in [3.63, 3.8) is 0 Å². The van der Waals surface area contributed by atoms with Gasteiger partial charge in [0.15, 0.2) is 11.6 Å². The third-order valence-corrected chi connectivity index (χ3v) is 9.13. The Morgan fingerprint density at radius 3 is 2.41 bits per heavy atom. The minimum absolute atomic E-state index is 0.0117. The number of ether oxygens (including phenoxy) is 2. The lowest BCUT2D eigenvalue weighted by Gasteiger charge is -2.31. The van der Waals surface area contributed by atoms with Crippen molar-refractivity contribution in [3.05, 3.63) is 23.5 Å². The molecule has 9 heteroatoms. The molecule has 1 aromatic rings. The summed E-state index contributed by atoms with van der Waals surface area (Å²) in [6.07, 6.45) is 6.78. The molecule has 37 heavy (non-hydrogen) atoms. The first-order chi connectivity index (χ1) is 17.7. The van der Waals surface area contributed by atoms with E-state index in [1.54, 1.807) is 0 Å². The lowest BCUT2D eigenvalue weighted by molar-refractivity contribution is -0.143. The van der Waals surface area contributed by atoms with Gasteiger partial charge in [0.2, 0.25) is 5.91 Å². The van der Waals surface area contributed by atoms with Crippen LogP contribution in [-0.4, -0.2) is 48.7 Å². The van der Waals surface area contributed by atoms with Crippen molar-refractivity contribution < 1.29 is 33.4 Å². The Hall–Kier alpha value is -2.84. The number of hydrogen-bond donors (Lipinski definition) is 3. The second kappa shape index (κ2) is 10.1. The number of halogens is 1. The van der Waals surface area contributed by atoms with Gasteiger partial charge in [-0.25, -0.2) is 4.39 Å². The van der Waals surface area contributed by atoms with Gasteiger partial charge in [0, 0.05) is 18.7 Å². The van der Waals surface area contributed by atoms with Gasteiger partial charge < -0.3 is 25.2 Å². The molecule has 0 spiro atoms. The highest BCUT2D eigenvalue weighted by atomic mass is 19.1. The second-order valence-electron chi connectivity index (χ2n) is 11.8. The lowest BCUT2D eigenvalue weighted by Crippen LogP contribution is -2.50. The fourth-order valence-electron chi connectivity index (χ4n) is 6.49. The normalized spacial score (nSPS) is 31.4. The highest BCUT2D eigenvalue weighted by Crippen LogP contribution is 2.49. The van der Waals surface area contributed by atoms with E-state index in [9.17, 15) is 23.9 Å². The van der Waals surface area contributed by atoms with E-state index < -0.39 is 23.6 Å². The second-order valence-corrected chi connectivity index (χ2v) is 11.8. The molecule has 0 aromatic heterocycles. The van der Waals surface area contributed by atoms with Crippen molar-refractivity contribution in [2.45, 2.75) is 76.9 Å². The molecule has 0 radical (unpaired) electrons. The van der Waals surface area contributed by atoms with Crippen molar-refractivity contribution in [2.75, 3.05) is 13.7 Å². The van der Waals surface area contributed by atoms with Gasteiger partial charge in [-0.2, -0.15) is 0 Å². The molecule has 0 unspecified atom stereocenters. The Kier molecular flexibility index (Phi) is 7.07. The molecule has 0 heterocycles. The van der Waals surface area contributed by atoms with Crippen LogP contribution in [0, 0.1) is 34.9 Å². The van der Waals surface area contributed by atoms with E-state index in [0.29, 0.717) is 32.2 Å². The summed E-state index contributed by atoms with van der Waals surface area (Å²) in [5.74, 6) is -1.98. The highest BCUT2D eigenvalue weighted by Gasteiger charge is 2.52. The molecule has 4 aliphatic rings. The summed E-state index contributed by atoms with van der Waals surface area (Å²) in [6.45, 7) is 2.84. The average molecular weight is 517 g/mol. The minimum atomic E-state index is -0.817. The number of methoxy groups -OCH3 is 1. The summed E-state index contributed by atoms with van der Waals surface area (Å²) in [7, 11) is 1.38. The van der Waals surface area contributed by atoms with Crippen LogP contribution in [0.3, 0.4) is 0 Å². The molecule has 202 valence electrons. The Bertz CT molecular complexity index is 1060. The van der Waals surface area contributed by atoms with Gasteiger partial charge in [-0.15, -0.1) is 0 Å². The van der Waals surface area contributed by atoms with Crippen molar-refractivity contribution in [1.29, 1.82) is 0 Å². The molecule has 5 rings (SSSR count). The number of hydrogen-bond acceptors (Lipinski definition) is 5. The molecule has 0 saturated heterocycles. The predicted molar refractivity (Wildman–Crippen MR) is 133 cm³/mol. The summed E-state index contributed by atoms with van der Waals surface area (Å²) < 4.78 is 26.0. The molecule has 4 saturated carbocycles. The third-order valence-electron chi connectivity index (χ3n) is 9.13. The van der Waals surface area contributed by atoms with E-state index in [2.05, 4.69) is 17.6 Å². The van der Waals surface area contributed by atoms with Gasteiger partial charge in [0.1, 0.15) is 5.75 Å². The van der Waals surface area contributed by atoms with Crippen molar-refractivity contribution >= 4 is 17.8 Å². The van der Waals surface area contributed by atoms with Gasteiger partial charge in [0.25, 0.3) is 5.91 Å². The fourth-order valence-corrected chi connectivity index (χ4v) is 6.49. The minimum Gasteiger partial charge on any atom is -0.496 e. The molecular weight excluding hydrogens is 479 g/mol. The van der Waals surface area contributed by atoms with E-state index in [-0.39, 0.29) is 58.3 Å². The molecule has 0 aliphatic heterocycles. The maximum absolute atomic E-state index is 14.8. The summed E-state index contributed by atoms with van der Waals surface area (Å²) in [4.78, 5) is 37.8. The molecule has 8 nitrogen and oxygen atoms in total. The Morgan fingerprint density at radius 2 is 1.76 bits per heavy atom. The SMILES string of the molecule is COc1cc(F)c(O[C@H]2CC[C@@H](C(=O)O)CC2)cc1C(=O)N[C@@H]1[C@H]2CC[C@H](C2)[C@@H]1C(=O)NCC1(C)CC1. The zero-order valence-corrected chi connectivity index (χ0v) is 21.6. The molecule has 4 fully saturated rings. The fraction of sp³-hybridized carbons (Fsp3) is 0.679. The maximum Gasteiger partial charge on any atom is 0.306 e. The number of benzene rings is 1. The topological polar surface area (TPSA) is 114 Å². The third kappa shape index (κ3) is 5.41. The first-order valence-electron chi connectivity index (χ1n) is 13.5. The summed E-state index contributed by atoms with van der Waals surface area (Å²) in [6, 6.07) is 2.24. The lowest BCUT2D eigenvalue weighted by atomic mass is 9.83. The van der Waals surface area contributed by atoms with Crippen LogP contribution in [0.4, 0.5) is 4.39 Å². The number of nitrogens with one attached hydrogen (secondary N) is 2. The molecule has 3 N–H and O–H groups in total. The van der Waals surface area contributed by atoms with Gasteiger partial charge in [-0.3, -0.25) is 14.4 Å². The number of carboxylic acids is 1. The van der Waals surface area contributed by atoms with E-state index in [0.717, 1.165) is 38.2 Å². The Labute approximate surface area is 216 Å². The van der Waals surface area contributed by atoms with E-state index in [4.69, 9.17) is 9.47 Å². The monoisotopic (exact) mass is 516 g/mol. The van der Waals surface area contributed by atoms with E-state index >= 15 is 0 Å². The number of aliphatic carboxylic acids is 1. The molecule has 2 bridgehead atoms. The number of carbonyl (C=O) groups excluding carboxylic acids is 2. The standard InChI is InChI=1S/C28H37FN2O6/c1-28(9-10-28)14-30-26(33)23-16-3-4-17(11-16)24(23)31-25(32)19-12-22(20(29)13-21(19)36-2)37-18-7-5-15(6-8-18)27(34)35/h12-13,15-18,23-24H,3-11,14H2,1-2H3,(H,30,33)(H,31,32)(H,34,35)/t15-,16-,17+,18+,23+,24-/m1/s1. The Balaban J connectivity index is 1.29. The smallest absolute Gasteiger partial charge is 0.306 e. The number of fused-ring (bicyclic) bond motifs is 2. The van der Waals surface area contributed by atoms with Gasteiger partial charge in [0.05, 0.1) is 30.6 Å². The maximum atomic E-state index is 14.8. The van der Waals surface area contributed by atoms with Crippen molar-refractivity contribution in [3.8, 4) is 11.5 Å². The average Bonchev–Trinajstić information content (AvgIpc) is 3.28. The van der Waals surface area contributed by atoms with Crippen LogP contribution in [0.2, 0.25) is 0 Å². The number of amides is 2. The molecule has 2 amide bonds. The zero-order chi connectivity index (χ0) is 26.3. The van der Waals surface area contributed by atoms with Crippen LogP contribution >= 0.6 is 0 Å². The number of carboxylic acid groups (broad SMARTS) is 1. The van der Waals surface area contributed by atoms with Crippen molar-refractivity contribution in [2.24, 2.45) is 29.1 Å². The highest BCUT2D eigenvalue weighted by molar-refractivity contribution is 5.98. The van der Waals surface area contributed by atoms with Crippen LogP contribution in [0.25, 0.3) is 0 Å². The van der Waals surface area contributed by atoms with Crippen LogP contribution in [0.1, 0.15) is 75.1 Å². The van der Waals surface area contributed by atoms with Crippen LogP contribution in [0.15, 0.2) is 12.1 Å². The number of carbonyl (C=O) groups is 3. The van der Waals surface area contributed by atoms with Crippen LogP contribution in [-0.2, 0) is 9.59 Å². The summed E-state index contributed by atoms with van der Waals surface area (Å²) in [5.41, 5.74) is 0.363. The summed E-state index contributed by atoms with van der Waals surface area (Å²) in [5, 5.41) is 15.4.